The molecule has 2 aromatic heterocycles. The highest BCUT2D eigenvalue weighted by Gasteiger charge is 2.21. The van der Waals surface area contributed by atoms with Crippen molar-refractivity contribution in [2.75, 3.05) is 10.7 Å². The number of halogens is 1. The highest BCUT2D eigenvalue weighted by atomic mass is 35.5. The molecule has 0 unspecified atom stereocenters. The zero-order valence-corrected chi connectivity index (χ0v) is 19.5. The summed E-state index contributed by atoms with van der Waals surface area (Å²) in [4.78, 5) is 25.4. The zero-order valence-electron chi connectivity index (χ0n) is 17.1. The van der Waals surface area contributed by atoms with Gasteiger partial charge in [0.1, 0.15) is 0 Å². The third-order valence-electron chi connectivity index (χ3n) is 4.86. The quantitative estimate of drug-likeness (QED) is 0.212. The van der Waals surface area contributed by atoms with Crippen LogP contribution in [-0.4, -0.2) is 21.6 Å². The number of benzene rings is 2. The Hall–Kier alpha value is -2.41. The number of aryl methyl sites for hydroxylation is 1. The van der Waals surface area contributed by atoms with E-state index in [4.69, 9.17) is 16.6 Å². The number of carbonyl (C=O) groups is 1. The van der Waals surface area contributed by atoms with E-state index >= 15 is 0 Å². The van der Waals surface area contributed by atoms with Crippen LogP contribution in [0.2, 0.25) is 5.02 Å². The van der Waals surface area contributed by atoms with Crippen molar-refractivity contribution in [2.45, 2.75) is 31.2 Å². The van der Waals surface area contributed by atoms with Crippen LogP contribution in [0.3, 0.4) is 0 Å². The molecule has 0 atom stereocenters. The first-order chi connectivity index (χ1) is 15.1. The smallest absolute Gasteiger partial charge is 0.229 e. The lowest BCUT2D eigenvalue weighted by Gasteiger charge is -2.19. The van der Waals surface area contributed by atoms with Gasteiger partial charge in [0.05, 0.1) is 22.5 Å². The van der Waals surface area contributed by atoms with Gasteiger partial charge >= 0.3 is 0 Å². The van der Waals surface area contributed by atoms with Crippen molar-refractivity contribution in [3.8, 4) is 0 Å². The van der Waals surface area contributed by atoms with Crippen molar-refractivity contribution >= 4 is 56.0 Å². The molecule has 2 heterocycles. The van der Waals surface area contributed by atoms with Crippen LogP contribution in [0, 0.1) is 6.92 Å². The number of fused-ring (bicyclic) bond motifs is 1. The number of hydrogen-bond acceptors (Lipinski definition) is 5. The molecule has 0 radical (unpaired) electrons. The Labute approximate surface area is 195 Å². The Morgan fingerprint density at radius 1 is 1.10 bits per heavy atom. The van der Waals surface area contributed by atoms with Gasteiger partial charge in [-0.05, 0) is 61.1 Å². The maximum atomic E-state index is 13.2. The number of amides is 1. The summed E-state index contributed by atoms with van der Waals surface area (Å²) >= 11 is 9.56. The lowest BCUT2D eigenvalue weighted by molar-refractivity contribution is -0.118. The van der Waals surface area contributed by atoms with Crippen molar-refractivity contribution in [2.24, 2.45) is 0 Å². The van der Waals surface area contributed by atoms with Crippen LogP contribution >= 0.6 is 34.7 Å². The Kier molecular flexibility index (Phi) is 7.22. The van der Waals surface area contributed by atoms with Crippen LogP contribution in [0.1, 0.15) is 24.1 Å². The van der Waals surface area contributed by atoms with E-state index in [0.29, 0.717) is 23.1 Å². The molecule has 0 N–H and O–H groups in total. The minimum Gasteiger partial charge on any atom is -0.282 e. The molecule has 158 valence electrons. The second kappa shape index (κ2) is 10.3. The largest absolute Gasteiger partial charge is 0.282 e. The van der Waals surface area contributed by atoms with Crippen LogP contribution in [0.25, 0.3) is 10.2 Å². The van der Waals surface area contributed by atoms with Crippen LogP contribution < -0.4 is 4.90 Å². The third-order valence-corrected chi connectivity index (χ3v) is 7.41. The number of thioether (sulfide) groups is 1. The Balaban J connectivity index is 1.51. The van der Waals surface area contributed by atoms with E-state index in [2.05, 4.69) is 17.1 Å². The maximum absolute atomic E-state index is 13.2. The number of hydrogen-bond donors (Lipinski definition) is 0. The van der Waals surface area contributed by atoms with Crippen LogP contribution in [0.4, 0.5) is 5.13 Å². The topological polar surface area (TPSA) is 46.1 Å². The predicted molar refractivity (Wildman–Crippen MR) is 131 cm³/mol. The molecule has 0 spiro atoms. The van der Waals surface area contributed by atoms with E-state index in [0.717, 1.165) is 33.6 Å². The second-order valence-corrected chi connectivity index (χ2v) is 9.67. The molecule has 0 saturated carbocycles. The predicted octanol–water partition coefficient (Wildman–Crippen LogP) is 6.76. The van der Waals surface area contributed by atoms with Crippen LogP contribution in [0.15, 0.2) is 71.8 Å². The summed E-state index contributed by atoms with van der Waals surface area (Å²) in [5.74, 6) is 0.948. The fourth-order valence-electron chi connectivity index (χ4n) is 3.19. The molecule has 7 heteroatoms. The first-order valence-corrected chi connectivity index (χ1v) is 12.2. The summed E-state index contributed by atoms with van der Waals surface area (Å²) in [6.45, 7) is 2.36. The second-order valence-electron chi connectivity index (χ2n) is 7.08. The van der Waals surface area contributed by atoms with Crippen molar-refractivity contribution in [3.63, 3.8) is 0 Å². The van der Waals surface area contributed by atoms with E-state index < -0.39 is 0 Å². The maximum Gasteiger partial charge on any atom is 0.229 e. The number of pyridine rings is 1. The standard InChI is InChI=1S/C24H22ClN3OS2/c1-17-20(25)12-13-21-23(17)27-24(31-21)28(16-18-8-5-6-14-26-18)22(29)11-7-15-30-19-9-3-2-4-10-19/h2-6,8-10,12-14H,7,11,15-16H2,1H3. The van der Waals surface area contributed by atoms with Gasteiger partial charge in [-0.25, -0.2) is 4.98 Å². The third kappa shape index (κ3) is 5.45. The van der Waals surface area contributed by atoms with Gasteiger partial charge in [-0.1, -0.05) is 47.2 Å². The molecule has 0 saturated heterocycles. The zero-order chi connectivity index (χ0) is 21.6. The van der Waals surface area contributed by atoms with Crippen LogP contribution in [0.5, 0.6) is 0 Å². The van der Waals surface area contributed by atoms with E-state index in [1.54, 1.807) is 22.9 Å². The van der Waals surface area contributed by atoms with E-state index in [-0.39, 0.29) is 5.91 Å². The monoisotopic (exact) mass is 467 g/mol. The van der Waals surface area contributed by atoms with Gasteiger partial charge < -0.3 is 0 Å². The summed E-state index contributed by atoms with van der Waals surface area (Å²) in [6, 6.07) is 19.8. The molecule has 2 aromatic carbocycles. The number of carbonyl (C=O) groups excluding carboxylic acids is 1. The Bertz CT molecular complexity index is 1170. The highest BCUT2D eigenvalue weighted by molar-refractivity contribution is 7.99. The lowest BCUT2D eigenvalue weighted by atomic mass is 10.2. The van der Waals surface area contributed by atoms with E-state index in [1.807, 2.05) is 55.5 Å². The Morgan fingerprint density at radius 2 is 1.90 bits per heavy atom. The SMILES string of the molecule is Cc1c(Cl)ccc2sc(N(Cc3ccccn3)C(=O)CCCSc3ccccc3)nc12. The average Bonchev–Trinajstić information content (AvgIpc) is 3.23. The minimum atomic E-state index is 0.0575. The fourth-order valence-corrected chi connectivity index (χ4v) is 5.25. The summed E-state index contributed by atoms with van der Waals surface area (Å²) in [5, 5.41) is 1.37. The van der Waals surface area contributed by atoms with Gasteiger partial charge in [-0.15, -0.1) is 11.8 Å². The molecule has 4 aromatic rings. The van der Waals surface area contributed by atoms with Gasteiger partial charge in [0.2, 0.25) is 5.91 Å². The van der Waals surface area contributed by atoms with Gasteiger partial charge in [0.15, 0.2) is 5.13 Å². The van der Waals surface area contributed by atoms with E-state index in [9.17, 15) is 4.79 Å². The van der Waals surface area contributed by atoms with Gasteiger partial charge in [0.25, 0.3) is 0 Å². The number of anilines is 1. The molecule has 0 aliphatic rings. The molecule has 0 fully saturated rings. The Morgan fingerprint density at radius 3 is 2.68 bits per heavy atom. The summed E-state index contributed by atoms with van der Waals surface area (Å²) in [5.41, 5.74) is 2.63. The molecule has 31 heavy (non-hydrogen) atoms. The highest BCUT2D eigenvalue weighted by Crippen LogP contribution is 2.34. The first kappa shape index (κ1) is 21.8. The summed E-state index contributed by atoms with van der Waals surface area (Å²) in [7, 11) is 0. The van der Waals surface area contributed by atoms with Crippen molar-refractivity contribution < 1.29 is 4.79 Å². The lowest BCUT2D eigenvalue weighted by Crippen LogP contribution is -2.30. The van der Waals surface area contributed by atoms with Crippen LogP contribution in [-0.2, 0) is 11.3 Å². The summed E-state index contributed by atoms with van der Waals surface area (Å²) < 4.78 is 1.02. The van der Waals surface area contributed by atoms with Crippen molar-refractivity contribution in [1.29, 1.82) is 0 Å². The molecular formula is C24H22ClN3OS2. The van der Waals surface area contributed by atoms with Gasteiger partial charge in [-0.3, -0.25) is 14.7 Å². The molecule has 4 rings (SSSR count). The summed E-state index contributed by atoms with van der Waals surface area (Å²) in [6.07, 6.45) is 3.01. The van der Waals surface area contributed by atoms with Crippen molar-refractivity contribution in [1.82, 2.24) is 9.97 Å². The normalized spacial score (nSPS) is 11.0. The number of nitrogens with zero attached hydrogens (tertiary/aromatic N) is 3. The number of rotatable bonds is 8. The van der Waals surface area contributed by atoms with Gasteiger partial charge in [-0.2, -0.15) is 0 Å². The van der Waals surface area contributed by atoms with Crippen molar-refractivity contribution in [3.05, 3.63) is 83.1 Å². The molecule has 0 aliphatic heterocycles. The molecule has 0 bridgehead atoms. The molecular weight excluding hydrogens is 446 g/mol. The average molecular weight is 468 g/mol. The van der Waals surface area contributed by atoms with Gasteiger partial charge in [0, 0.05) is 22.5 Å². The van der Waals surface area contributed by atoms with E-state index in [1.165, 1.54) is 16.2 Å². The fraction of sp³-hybridized carbons (Fsp3) is 0.208. The first-order valence-electron chi connectivity index (χ1n) is 10.1. The number of aromatic nitrogens is 2. The molecule has 4 nitrogen and oxygen atoms in total. The number of thiazole rings is 1. The molecule has 1 amide bonds. The molecule has 0 aliphatic carbocycles. The minimum absolute atomic E-state index is 0.0575.